The highest BCUT2D eigenvalue weighted by Gasteiger charge is 2.14. The van der Waals surface area contributed by atoms with Gasteiger partial charge in [0.2, 0.25) is 0 Å². The Kier molecular flexibility index (Phi) is 6.10. The Hall–Kier alpha value is -3.28. The van der Waals surface area contributed by atoms with Gasteiger partial charge in [0.25, 0.3) is 0 Å². The number of fused-ring (bicyclic) bond motifs is 1. The van der Waals surface area contributed by atoms with Crippen LogP contribution in [0.5, 0.6) is 23.0 Å². The third-order valence-electron chi connectivity index (χ3n) is 3.84. The molecule has 0 fully saturated rings. The van der Waals surface area contributed by atoms with Crippen molar-refractivity contribution in [1.29, 1.82) is 0 Å². The molecule has 0 bridgehead atoms. The Morgan fingerprint density at radius 3 is 2.00 bits per heavy atom. The molecule has 2 aromatic carbocycles. The van der Waals surface area contributed by atoms with E-state index in [1.807, 2.05) is 24.3 Å². The second-order valence-corrected chi connectivity index (χ2v) is 5.67. The van der Waals surface area contributed by atoms with Gasteiger partial charge in [-0.3, -0.25) is 0 Å². The minimum absolute atomic E-state index is 0.0160. The summed E-state index contributed by atoms with van der Waals surface area (Å²) in [6.45, 7) is 1.02. The first kappa shape index (κ1) is 18.5. The van der Waals surface area contributed by atoms with Crippen molar-refractivity contribution in [2.24, 2.45) is 0 Å². The minimum Gasteiger partial charge on any atom is -0.497 e. The zero-order valence-electron chi connectivity index (χ0n) is 15.3. The first-order valence-electron chi connectivity index (χ1n) is 8.52. The molecule has 3 rings (SSSR count). The van der Waals surface area contributed by atoms with Crippen molar-refractivity contribution in [3.8, 4) is 46.7 Å². The van der Waals surface area contributed by atoms with Gasteiger partial charge >= 0.3 is 0 Å². The molecule has 138 valence electrons. The third-order valence-corrected chi connectivity index (χ3v) is 3.84. The Labute approximate surface area is 158 Å². The van der Waals surface area contributed by atoms with E-state index in [-0.39, 0.29) is 6.61 Å². The second-order valence-electron chi connectivity index (χ2n) is 5.67. The van der Waals surface area contributed by atoms with Crippen LogP contribution < -0.4 is 18.9 Å². The highest BCUT2D eigenvalue weighted by Crippen LogP contribution is 2.33. The third kappa shape index (κ3) is 4.67. The van der Waals surface area contributed by atoms with Gasteiger partial charge in [-0.05, 0) is 12.1 Å². The van der Waals surface area contributed by atoms with E-state index >= 15 is 0 Å². The number of ether oxygens (including phenoxy) is 4. The van der Waals surface area contributed by atoms with E-state index in [0.29, 0.717) is 42.6 Å². The molecular weight excluding hydrogens is 344 g/mol. The molecule has 5 heteroatoms. The molecule has 0 saturated carbocycles. The van der Waals surface area contributed by atoms with Crippen molar-refractivity contribution in [3.63, 3.8) is 0 Å². The summed E-state index contributed by atoms with van der Waals surface area (Å²) in [5.41, 5.74) is 2.22. The molecule has 1 N–H and O–H groups in total. The van der Waals surface area contributed by atoms with Gasteiger partial charge in [-0.25, -0.2) is 0 Å². The molecule has 0 spiro atoms. The predicted octanol–water partition coefficient (Wildman–Crippen LogP) is 2.61. The lowest BCUT2D eigenvalue weighted by molar-refractivity contribution is 0.171. The zero-order chi connectivity index (χ0) is 19.1. The van der Waals surface area contributed by atoms with Gasteiger partial charge in [-0.15, -0.1) is 0 Å². The molecule has 27 heavy (non-hydrogen) atoms. The van der Waals surface area contributed by atoms with Crippen LogP contribution in [0.1, 0.15) is 23.1 Å². The number of hydrogen-bond acceptors (Lipinski definition) is 5. The maximum absolute atomic E-state index is 8.96. The zero-order valence-corrected chi connectivity index (χ0v) is 15.3. The summed E-state index contributed by atoms with van der Waals surface area (Å²) in [6.07, 6.45) is 0.397. The molecule has 1 heterocycles. The second kappa shape index (κ2) is 8.89. The molecule has 1 aliphatic rings. The number of rotatable bonds is 3. The molecule has 0 amide bonds. The molecule has 0 unspecified atom stereocenters. The van der Waals surface area contributed by atoms with Crippen molar-refractivity contribution in [1.82, 2.24) is 0 Å². The smallest absolute Gasteiger partial charge is 0.162 e. The fourth-order valence-corrected chi connectivity index (χ4v) is 2.53. The van der Waals surface area contributed by atoms with Crippen molar-refractivity contribution in [2.45, 2.75) is 6.42 Å². The summed E-state index contributed by atoms with van der Waals surface area (Å²) in [6, 6.07) is 9.13. The molecule has 0 atom stereocenters. The van der Waals surface area contributed by atoms with E-state index < -0.39 is 0 Å². The number of hydrogen-bond donors (Lipinski definition) is 1. The van der Waals surface area contributed by atoms with E-state index in [4.69, 9.17) is 24.1 Å². The summed E-state index contributed by atoms with van der Waals surface area (Å²) in [5, 5.41) is 8.96. The molecule has 0 aliphatic carbocycles. The highest BCUT2D eigenvalue weighted by molar-refractivity contribution is 5.60. The van der Waals surface area contributed by atoms with Crippen molar-refractivity contribution >= 4 is 0 Å². The number of benzene rings is 2. The van der Waals surface area contributed by atoms with E-state index in [2.05, 4.69) is 23.7 Å². The van der Waals surface area contributed by atoms with Crippen LogP contribution in [0.2, 0.25) is 0 Å². The molecule has 1 aliphatic heterocycles. The largest absolute Gasteiger partial charge is 0.497 e. The normalized spacial score (nSPS) is 11.5. The van der Waals surface area contributed by atoms with Gasteiger partial charge in [0, 0.05) is 41.3 Å². The molecular formula is C22H20O5. The van der Waals surface area contributed by atoms with Crippen LogP contribution in [0.3, 0.4) is 0 Å². The number of methoxy groups -OCH3 is 2. The van der Waals surface area contributed by atoms with E-state index in [0.717, 1.165) is 16.7 Å². The van der Waals surface area contributed by atoms with Gasteiger partial charge in [-0.2, -0.15) is 0 Å². The Balaban J connectivity index is 2.01. The Morgan fingerprint density at radius 1 is 0.852 bits per heavy atom. The first-order valence-corrected chi connectivity index (χ1v) is 8.52. The van der Waals surface area contributed by atoms with Gasteiger partial charge in [0.05, 0.1) is 20.8 Å². The molecule has 5 nitrogen and oxygen atoms in total. The van der Waals surface area contributed by atoms with Gasteiger partial charge in [0.15, 0.2) is 11.5 Å². The van der Waals surface area contributed by atoms with Crippen LogP contribution in [0, 0.1) is 23.7 Å². The molecule has 0 saturated heterocycles. The lowest BCUT2D eigenvalue weighted by Gasteiger charge is -2.19. The summed E-state index contributed by atoms with van der Waals surface area (Å²) in [5.74, 6) is 14.9. The van der Waals surface area contributed by atoms with E-state index in [1.54, 1.807) is 20.3 Å². The summed E-state index contributed by atoms with van der Waals surface area (Å²) >= 11 is 0. The van der Waals surface area contributed by atoms with Crippen LogP contribution in [-0.4, -0.2) is 39.1 Å². The van der Waals surface area contributed by atoms with Crippen LogP contribution in [0.25, 0.3) is 0 Å². The number of aliphatic hydroxyl groups excluding tert-OH is 1. The first-order chi connectivity index (χ1) is 13.2. The Bertz CT molecular complexity index is 919. The van der Waals surface area contributed by atoms with Crippen LogP contribution in [0.4, 0.5) is 0 Å². The summed E-state index contributed by atoms with van der Waals surface area (Å²) in [4.78, 5) is 0. The molecule has 2 aromatic rings. The van der Waals surface area contributed by atoms with Crippen LogP contribution in [-0.2, 0) is 0 Å². The van der Waals surface area contributed by atoms with Gasteiger partial charge < -0.3 is 24.1 Å². The maximum Gasteiger partial charge on any atom is 0.162 e. The average Bonchev–Trinajstić information content (AvgIpc) is 2.71. The lowest BCUT2D eigenvalue weighted by atomic mass is 10.1. The van der Waals surface area contributed by atoms with Crippen LogP contribution >= 0.6 is 0 Å². The highest BCUT2D eigenvalue weighted by atomic mass is 16.6. The number of aliphatic hydroxyl groups is 1. The standard InChI is InChI=1S/C22H20O5/c1-24-19-11-16(12-20(15-19)25-2)6-7-18-14-22-21(26-9-10-27-22)13-17(18)5-3-4-8-23/h11-15,23H,4,8-10H2,1-2H3. The molecule has 0 radical (unpaired) electrons. The topological polar surface area (TPSA) is 57.2 Å². The molecule has 0 aromatic heterocycles. The van der Waals surface area contributed by atoms with Gasteiger partial charge in [-0.1, -0.05) is 23.7 Å². The van der Waals surface area contributed by atoms with E-state index in [9.17, 15) is 0 Å². The fraction of sp³-hybridized carbons (Fsp3) is 0.273. The SMILES string of the molecule is COc1cc(C#Cc2cc3c(cc2C#CCCO)OCCO3)cc(OC)c1. The average molecular weight is 364 g/mol. The minimum atomic E-state index is 0.0160. The quantitative estimate of drug-likeness (QED) is 0.849. The summed E-state index contributed by atoms with van der Waals surface area (Å²) in [7, 11) is 3.20. The fourth-order valence-electron chi connectivity index (χ4n) is 2.53. The van der Waals surface area contributed by atoms with Crippen molar-refractivity contribution < 1.29 is 24.1 Å². The van der Waals surface area contributed by atoms with Crippen LogP contribution in [0.15, 0.2) is 30.3 Å². The predicted molar refractivity (Wildman–Crippen MR) is 102 cm³/mol. The van der Waals surface area contributed by atoms with Gasteiger partial charge in [0.1, 0.15) is 24.7 Å². The lowest BCUT2D eigenvalue weighted by Crippen LogP contribution is -2.15. The monoisotopic (exact) mass is 364 g/mol. The summed E-state index contributed by atoms with van der Waals surface area (Å²) < 4.78 is 21.8. The van der Waals surface area contributed by atoms with Crippen molar-refractivity contribution in [3.05, 3.63) is 47.0 Å². The van der Waals surface area contributed by atoms with Crippen molar-refractivity contribution in [2.75, 3.05) is 34.0 Å². The Morgan fingerprint density at radius 2 is 1.44 bits per heavy atom. The van der Waals surface area contributed by atoms with E-state index in [1.165, 1.54) is 0 Å². The maximum atomic E-state index is 8.96.